The van der Waals surface area contributed by atoms with E-state index in [1.165, 1.54) is 16.7 Å². The fourth-order valence-electron chi connectivity index (χ4n) is 2.85. The number of para-hydroxylation sites is 2. The van der Waals surface area contributed by atoms with Crippen LogP contribution in [0.15, 0.2) is 24.3 Å². The summed E-state index contributed by atoms with van der Waals surface area (Å²) in [6.07, 6.45) is 0.649. The Kier molecular flexibility index (Phi) is 4.94. The number of anilines is 1. The van der Waals surface area contributed by atoms with Gasteiger partial charge in [0.2, 0.25) is 11.0 Å². The monoisotopic (exact) mass is 349 g/mol. The summed E-state index contributed by atoms with van der Waals surface area (Å²) in [7, 11) is 1.56. The van der Waals surface area contributed by atoms with Crippen molar-refractivity contribution in [3.8, 4) is 5.75 Å². The van der Waals surface area contributed by atoms with Crippen LogP contribution >= 0.6 is 11.8 Å². The fraction of sp³-hybridized carbons (Fsp3) is 0.438. The molecule has 0 radical (unpaired) electrons. The third-order valence-corrected chi connectivity index (χ3v) is 5.08. The SMILES string of the molecule is COc1ccccc1N1CCN(CC(=O)N[C@@H]2CCSC2=O)C1=O. The molecule has 0 spiro atoms. The van der Waals surface area contributed by atoms with E-state index >= 15 is 0 Å². The Labute approximate surface area is 144 Å². The molecule has 128 valence electrons. The van der Waals surface area contributed by atoms with Gasteiger partial charge in [-0.25, -0.2) is 4.79 Å². The van der Waals surface area contributed by atoms with Gasteiger partial charge in [-0.1, -0.05) is 23.9 Å². The smallest absolute Gasteiger partial charge is 0.325 e. The van der Waals surface area contributed by atoms with Crippen LogP contribution in [0.3, 0.4) is 0 Å². The summed E-state index contributed by atoms with van der Waals surface area (Å²) in [6, 6.07) is 6.62. The summed E-state index contributed by atoms with van der Waals surface area (Å²) in [4.78, 5) is 39.3. The van der Waals surface area contributed by atoms with Gasteiger partial charge in [0.15, 0.2) is 0 Å². The molecule has 2 aliphatic heterocycles. The van der Waals surface area contributed by atoms with Gasteiger partial charge < -0.3 is 15.0 Å². The minimum absolute atomic E-state index is 0.00764. The summed E-state index contributed by atoms with van der Waals surface area (Å²) >= 11 is 1.24. The maximum Gasteiger partial charge on any atom is 0.325 e. The van der Waals surface area contributed by atoms with Crippen LogP contribution in [-0.4, -0.2) is 60.5 Å². The maximum atomic E-state index is 12.6. The van der Waals surface area contributed by atoms with E-state index in [9.17, 15) is 14.4 Å². The van der Waals surface area contributed by atoms with Crippen molar-refractivity contribution in [2.75, 3.05) is 37.4 Å². The molecule has 2 heterocycles. The minimum Gasteiger partial charge on any atom is -0.495 e. The zero-order valence-electron chi connectivity index (χ0n) is 13.4. The number of hydrogen-bond donors (Lipinski definition) is 1. The average molecular weight is 349 g/mol. The first-order valence-corrected chi connectivity index (χ1v) is 8.74. The number of methoxy groups -OCH3 is 1. The van der Waals surface area contributed by atoms with Crippen molar-refractivity contribution in [1.29, 1.82) is 0 Å². The van der Waals surface area contributed by atoms with Gasteiger partial charge in [0.25, 0.3) is 0 Å². The number of rotatable bonds is 5. The van der Waals surface area contributed by atoms with Gasteiger partial charge in [-0.05, 0) is 18.6 Å². The van der Waals surface area contributed by atoms with E-state index in [1.807, 2.05) is 18.2 Å². The Morgan fingerprint density at radius 2 is 2.12 bits per heavy atom. The Hall–Kier alpha value is -2.22. The highest BCUT2D eigenvalue weighted by Crippen LogP contribution is 2.30. The molecule has 0 saturated carbocycles. The standard InChI is InChI=1S/C16H19N3O4S/c1-23-13-5-3-2-4-12(13)19-8-7-18(16(19)22)10-14(20)17-11-6-9-24-15(11)21/h2-5,11H,6-10H2,1H3,(H,17,20)/t11-/m1/s1. The first-order valence-electron chi connectivity index (χ1n) is 7.75. The molecule has 0 aromatic heterocycles. The summed E-state index contributed by atoms with van der Waals surface area (Å²) in [5.74, 6) is 1.05. The van der Waals surface area contributed by atoms with Crippen LogP contribution in [-0.2, 0) is 9.59 Å². The van der Waals surface area contributed by atoms with E-state index in [1.54, 1.807) is 18.1 Å². The highest BCUT2D eigenvalue weighted by molar-refractivity contribution is 8.14. The topological polar surface area (TPSA) is 79.0 Å². The number of carbonyl (C=O) groups is 3. The van der Waals surface area contributed by atoms with Crippen molar-refractivity contribution in [2.45, 2.75) is 12.5 Å². The van der Waals surface area contributed by atoms with Gasteiger partial charge in [-0.2, -0.15) is 0 Å². The normalized spacial score (nSPS) is 20.6. The van der Waals surface area contributed by atoms with Crippen LogP contribution in [0, 0.1) is 0 Å². The van der Waals surface area contributed by atoms with E-state index in [0.29, 0.717) is 30.9 Å². The van der Waals surface area contributed by atoms with Crippen molar-refractivity contribution >= 4 is 34.5 Å². The largest absolute Gasteiger partial charge is 0.495 e. The van der Waals surface area contributed by atoms with Crippen LogP contribution < -0.4 is 15.0 Å². The quantitative estimate of drug-likeness (QED) is 0.861. The Balaban J connectivity index is 1.61. The lowest BCUT2D eigenvalue weighted by molar-refractivity contribution is -0.124. The van der Waals surface area contributed by atoms with E-state index in [0.717, 1.165) is 5.75 Å². The molecule has 8 heteroatoms. The number of hydrogen-bond acceptors (Lipinski definition) is 5. The first kappa shape index (κ1) is 16.6. The molecule has 3 rings (SSSR count). The lowest BCUT2D eigenvalue weighted by atomic mass is 10.2. The molecule has 3 amide bonds. The fourth-order valence-corrected chi connectivity index (χ4v) is 3.78. The highest BCUT2D eigenvalue weighted by Gasteiger charge is 2.33. The summed E-state index contributed by atoms with van der Waals surface area (Å²) in [6.45, 7) is 0.904. The lowest BCUT2D eigenvalue weighted by Gasteiger charge is -2.20. The van der Waals surface area contributed by atoms with Crippen molar-refractivity contribution in [2.24, 2.45) is 0 Å². The van der Waals surface area contributed by atoms with Crippen molar-refractivity contribution in [3.63, 3.8) is 0 Å². The number of benzene rings is 1. The second kappa shape index (κ2) is 7.12. The van der Waals surface area contributed by atoms with Crippen molar-refractivity contribution < 1.29 is 19.1 Å². The van der Waals surface area contributed by atoms with E-state index in [-0.39, 0.29) is 23.6 Å². The molecule has 0 aliphatic carbocycles. The zero-order chi connectivity index (χ0) is 17.1. The molecule has 0 bridgehead atoms. The zero-order valence-corrected chi connectivity index (χ0v) is 14.2. The van der Waals surface area contributed by atoms with Crippen LogP contribution in [0.1, 0.15) is 6.42 Å². The predicted molar refractivity (Wildman–Crippen MR) is 91.3 cm³/mol. The average Bonchev–Trinajstić information content (AvgIpc) is 3.14. The second-order valence-electron chi connectivity index (χ2n) is 5.60. The summed E-state index contributed by atoms with van der Waals surface area (Å²) < 4.78 is 5.29. The van der Waals surface area contributed by atoms with Gasteiger partial charge in [0, 0.05) is 18.8 Å². The minimum atomic E-state index is -0.425. The number of amides is 3. The number of carbonyl (C=O) groups excluding carboxylic acids is 3. The van der Waals surface area contributed by atoms with Crippen LogP contribution in [0.2, 0.25) is 0 Å². The third kappa shape index (κ3) is 3.33. The van der Waals surface area contributed by atoms with Crippen LogP contribution in [0.4, 0.5) is 10.5 Å². The van der Waals surface area contributed by atoms with E-state index in [4.69, 9.17) is 4.74 Å². The molecule has 2 saturated heterocycles. The lowest BCUT2D eigenvalue weighted by Crippen LogP contribution is -2.44. The molecule has 1 N–H and O–H groups in total. The Morgan fingerprint density at radius 3 is 2.83 bits per heavy atom. The summed E-state index contributed by atoms with van der Waals surface area (Å²) in [5.41, 5.74) is 0.690. The van der Waals surface area contributed by atoms with Crippen molar-refractivity contribution in [3.05, 3.63) is 24.3 Å². The predicted octanol–water partition coefficient (Wildman–Crippen LogP) is 1.09. The molecular weight excluding hydrogens is 330 g/mol. The van der Waals surface area contributed by atoms with Gasteiger partial charge in [-0.15, -0.1) is 0 Å². The van der Waals surface area contributed by atoms with Crippen LogP contribution in [0.25, 0.3) is 0 Å². The molecule has 7 nitrogen and oxygen atoms in total. The maximum absolute atomic E-state index is 12.6. The molecule has 1 aromatic carbocycles. The van der Waals surface area contributed by atoms with Gasteiger partial charge >= 0.3 is 6.03 Å². The molecular formula is C16H19N3O4S. The third-order valence-electron chi connectivity index (χ3n) is 4.08. The molecule has 0 unspecified atom stereocenters. The number of nitrogens with one attached hydrogen (secondary N) is 1. The number of nitrogens with zero attached hydrogens (tertiary/aromatic N) is 2. The van der Waals surface area contributed by atoms with Crippen LogP contribution in [0.5, 0.6) is 5.75 Å². The van der Waals surface area contributed by atoms with Gasteiger partial charge in [0.05, 0.1) is 18.8 Å². The van der Waals surface area contributed by atoms with Crippen molar-refractivity contribution in [1.82, 2.24) is 10.2 Å². The molecule has 2 fully saturated rings. The molecule has 1 aromatic rings. The second-order valence-corrected chi connectivity index (χ2v) is 6.70. The Morgan fingerprint density at radius 1 is 1.33 bits per heavy atom. The highest BCUT2D eigenvalue weighted by atomic mass is 32.2. The van der Waals surface area contributed by atoms with Gasteiger partial charge in [-0.3, -0.25) is 14.5 Å². The molecule has 2 aliphatic rings. The number of thioether (sulfide) groups is 1. The molecule has 24 heavy (non-hydrogen) atoms. The van der Waals surface area contributed by atoms with Gasteiger partial charge in [0.1, 0.15) is 12.3 Å². The Bertz CT molecular complexity index is 666. The van der Waals surface area contributed by atoms with E-state index < -0.39 is 6.04 Å². The number of ether oxygens (including phenoxy) is 1. The number of urea groups is 1. The summed E-state index contributed by atoms with van der Waals surface area (Å²) in [5, 5.41) is 2.70. The van der Waals surface area contributed by atoms with E-state index in [2.05, 4.69) is 5.32 Å². The first-order chi connectivity index (χ1) is 11.6. The molecule has 1 atom stereocenters.